The first-order chi connectivity index (χ1) is 12.2. The molecule has 0 aromatic carbocycles. The molecule has 1 saturated carbocycles. The van der Waals surface area contributed by atoms with Gasteiger partial charge in [-0.2, -0.15) is 0 Å². The fraction of sp³-hybridized carbons (Fsp3) is 0.421. The number of ketones is 1. The minimum atomic E-state index is 0.00422. The van der Waals surface area contributed by atoms with E-state index in [0.29, 0.717) is 24.1 Å². The third-order valence-corrected chi connectivity index (χ3v) is 5.14. The Bertz CT molecular complexity index is 721. The number of aromatic nitrogens is 2. The van der Waals surface area contributed by atoms with Crippen molar-refractivity contribution in [2.45, 2.75) is 18.9 Å². The molecule has 2 aromatic rings. The fourth-order valence-corrected chi connectivity index (χ4v) is 4.01. The molecule has 0 spiro atoms. The summed E-state index contributed by atoms with van der Waals surface area (Å²) in [6.45, 7) is 2.26. The predicted octanol–water partition coefficient (Wildman–Crippen LogP) is 2.15. The van der Waals surface area contributed by atoms with Crippen LogP contribution in [0.1, 0.15) is 23.3 Å². The summed E-state index contributed by atoms with van der Waals surface area (Å²) in [5.74, 6) is 2.14. The number of carbonyl (C=O) groups excluding carboxylic acids is 1. The second-order valence-corrected chi connectivity index (χ2v) is 6.93. The lowest BCUT2D eigenvalue weighted by Crippen LogP contribution is -2.30. The smallest absolute Gasteiger partial charge is 0.195 e. The van der Waals surface area contributed by atoms with E-state index in [1.54, 1.807) is 18.5 Å². The van der Waals surface area contributed by atoms with Crippen LogP contribution in [0.5, 0.6) is 11.5 Å². The van der Waals surface area contributed by atoms with Gasteiger partial charge in [0, 0.05) is 25.5 Å². The van der Waals surface area contributed by atoms with Crippen molar-refractivity contribution in [2.75, 3.05) is 19.6 Å². The van der Waals surface area contributed by atoms with E-state index in [0.717, 1.165) is 31.7 Å². The first-order valence-corrected chi connectivity index (χ1v) is 8.64. The SMILES string of the molecule is O=C(CN1C[C@H]2C[C@H](Oc3ccncc3)C[C@H]2C1)c1ccc(O)cn1. The summed E-state index contributed by atoms with van der Waals surface area (Å²) in [6.07, 6.45) is 7.14. The van der Waals surface area contributed by atoms with Gasteiger partial charge in [-0.25, -0.2) is 4.98 Å². The number of aromatic hydroxyl groups is 1. The molecule has 1 saturated heterocycles. The monoisotopic (exact) mass is 339 g/mol. The van der Waals surface area contributed by atoms with Gasteiger partial charge in [0.15, 0.2) is 5.78 Å². The Hall–Kier alpha value is -2.47. The molecule has 6 nitrogen and oxygen atoms in total. The minimum absolute atomic E-state index is 0.00422. The molecule has 0 amide bonds. The molecular weight excluding hydrogens is 318 g/mol. The highest BCUT2D eigenvalue weighted by molar-refractivity contribution is 5.95. The highest BCUT2D eigenvalue weighted by atomic mass is 16.5. The zero-order valence-electron chi connectivity index (χ0n) is 13.9. The number of likely N-dealkylation sites (tertiary alicyclic amines) is 1. The maximum atomic E-state index is 12.3. The Labute approximate surface area is 146 Å². The summed E-state index contributed by atoms with van der Waals surface area (Å²) in [6, 6.07) is 6.86. The largest absolute Gasteiger partial charge is 0.506 e. The van der Waals surface area contributed by atoms with Gasteiger partial charge in [0.1, 0.15) is 17.2 Å². The molecule has 2 aliphatic rings. The maximum Gasteiger partial charge on any atom is 0.195 e. The number of nitrogens with zero attached hydrogens (tertiary/aromatic N) is 3. The van der Waals surface area contributed by atoms with E-state index in [4.69, 9.17) is 4.74 Å². The Morgan fingerprint density at radius 3 is 2.52 bits per heavy atom. The number of hydrogen-bond acceptors (Lipinski definition) is 6. The molecule has 1 aliphatic heterocycles. The normalized spacial score (nSPS) is 25.7. The third kappa shape index (κ3) is 3.64. The Morgan fingerprint density at radius 1 is 1.16 bits per heavy atom. The lowest BCUT2D eigenvalue weighted by atomic mass is 10.0. The number of fused-ring (bicyclic) bond motifs is 1. The van der Waals surface area contributed by atoms with Crippen molar-refractivity contribution >= 4 is 5.78 Å². The summed E-state index contributed by atoms with van der Waals surface area (Å²) in [7, 11) is 0. The van der Waals surface area contributed by atoms with Crippen molar-refractivity contribution in [3.63, 3.8) is 0 Å². The molecule has 25 heavy (non-hydrogen) atoms. The van der Waals surface area contributed by atoms with Gasteiger partial charge in [-0.15, -0.1) is 0 Å². The molecule has 2 aromatic heterocycles. The lowest BCUT2D eigenvalue weighted by molar-refractivity contribution is 0.0932. The average Bonchev–Trinajstić information content (AvgIpc) is 3.14. The lowest BCUT2D eigenvalue weighted by Gasteiger charge is -2.19. The minimum Gasteiger partial charge on any atom is -0.506 e. The first kappa shape index (κ1) is 16.0. The van der Waals surface area contributed by atoms with Crippen LogP contribution >= 0.6 is 0 Å². The highest BCUT2D eigenvalue weighted by Crippen LogP contribution is 2.39. The molecule has 1 N–H and O–H groups in total. The van der Waals surface area contributed by atoms with Crippen molar-refractivity contribution in [3.05, 3.63) is 48.5 Å². The zero-order chi connectivity index (χ0) is 17.2. The molecule has 3 atom stereocenters. The van der Waals surface area contributed by atoms with Crippen molar-refractivity contribution in [1.29, 1.82) is 0 Å². The van der Waals surface area contributed by atoms with E-state index < -0.39 is 0 Å². The number of hydrogen-bond donors (Lipinski definition) is 1. The van der Waals surface area contributed by atoms with Crippen molar-refractivity contribution in [1.82, 2.24) is 14.9 Å². The van der Waals surface area contributed by atoms with Gasteiger partial charge < -0.3 is 9.84 Å². The summed E-state index contributed by atoms with van der Waals surface area (Å²) in [4.78, 5) is 22.5. The van der Waals surface area contributed by atoms with Crippen LogP contribution in [-0.2, 0) is 0 Å². The summed E-state index contributed by atoms with van der Waals surface area (Å²) >= 11 is 0. The predicted molar refractivity (Wildman–Crippen MR) is 91.5 cm³/mol. The van der Waals surface area contributed by atoms with Gasteiger partial charge >= 0.3 is 0 Å². The summed E-state index contributed by atoms with van der Waals surface area (Å²) in [5.41, 5.74) is 0.411. The molecule has 0 radical (unpaired) electrons. The van der Waals surface area contributed by atoms with Gasteiger partial charge in [-0.1, -0.05) is 0 Å². The van der Waals surface area contributed by atoms with Crippen LogP contribution in [0.15, 0.2) is 42.9 Å². The van der Waals surface area contributed by atoms with Crippen LogP contribution in [0.4, 0.5) is 0 Å². The van der Waals surface area contributed by atoms with Crippen molar-refractivity contribution in [3.8, 4) is 11.5 Å². The third-order valence-electron chi connectivity index (χ3n) is 5.14. The summed E-state index contributed by atoms with van der Waals surface area (Å²) < 4.78 is 6.05. The molecule has 6 heteroatoms. The van der Waals surface area contributed by atoms with Crippen LogP contribution < -0.4 is 4.74 Å². The zero-order valence-corrected chi connectivity index (χ0v) is 13.9. The molecule has 0 unspecified atom stereocenters. The number of carbonyl (C=O) groups is 1. The number of ether oxygens (including phenoxy) is 1. The van der Waals surface area contributed by atoms with Gasteiger partial charge in [-0.3, -0.25) is 14.7 Å². The van der Waals surface area contributed by atoms with Gasteiger partial charge in [0.25, 0.3) is 0 Å². The maximum absolute atomic E-state index is 12.3. The van der Waals surface area contributed by atoms with E-state index in [-0.39, 0.29) is 17.6 Å². The first-order valence-electron chi connectivity index (χ1n) is 8.64. The summed E-state index contributed by atoms with van der Waals surface area (Å²) in [5, 5.41) is 9.26. The van der Waals surface area contributed by atoms with Crippen molar-refractivity contribution in [2.24, 2.45) is 11.8 Å². The standard InChI is InChI=1S/C19H21N3O3/c23-15-1-2-18(21-9-15)19(24)12-22-10-13-7-17(8-14(13)11-22)25-16-3-5-20-6-4-16/h1-6,9,13-14,17,23H,7-8,10-12H2/t13-,14+,17+. The Balaban J connectivity index is 1.29. The fourth-order valence-electron chi connectivity index (χ4n) is 4.01. The molecule has 0 bridgehead atoms. The van der Waals surface area contributed by atoms with Crippen LogP contribution in [-0.4, -0.2) is 51.5 Å². The van der Waals surface area contributed by atoms with Crippen molar-refractivity contribution < 1.29 is 14.6 Å². The number of Topliss-reactive ketones (excluding diaryl/α,β-unsaturated/α-hetero) is 1. The van der Waals surface area contributed by atoms with Crippen LogP contribution in [0, 0.1) is 11.8 Å². The Kier molecular flexibility index (Phi) is 4.36. The van der Waals surface area contributed by atoms with Crippen LogP contribution in [0.3, 0.4) is 0 Å². The topological polar surface area (TPSA) is 75.6 Å². The molecule has 2 fully saturated rings. The molecule has 4 rings (SSSR count). The van der Waals surface area contributed by atoms with Gasteiger partial charge in [0.05, 0.1) is 18.8 Å². The second-order valence-electron chi connectivity index (χ2n) is 6.93. The second kappa shape index (κ2) is 6.80. The number of pyridine rings is 2. The van der Waals surface area contributed by atoms with Gasteiger partial charge in [0.2, 0.25) is 0 Å². The molecule has 3 heterocycles. The average molecular weight is 339 g/mol. The Morgan fingerprint density at radius 2 is 1.88 bits per heavy atom. The van der Waals surface area contributed by atoms with E-state index in [1.165, 1.54) is 12.3 Å². The van der Waals surface area contributed by atoms with E-state index in [1.807, 2.05) is 12.1 Å². The quantitative estimate of drug-likeness (QED) is 0.841. The number of rotatable bonds is 5. The highest BCUT2D eigenvalue weighted by Gasteiger charge is 2.42. The van der Waals surface area contributed by atoms with E-state index in [2.05, 4.69) is 14.9 Å². The van der Waals surface area contributed by atoms with E-state index >= 15 is 0 Å². The van der Waals surface area contributed by atoms with Crippen LogP contribution in [0.25, 0.3) is 0 Å². The van der Waals surface area contributed by atoms with Gasteiger partial charge in [-0.05, 0) is 48.9 Å². The molecular formula is C19H21N3O3. The van der Waals surface area contributed by atoms with E-state index in [9.17, 15) is 9.90 Å². The van der Waals surface area contributed by atoms with Crippen LogP contribution in [0.2, 0.25) is 0 Å². The molecule has 130 valence electrons. The molecule has 1 aliphatic carbocycles.